The average molecular weight is 351 g/mol. The molecular formula is C17H26BNO6. The summed E-state index contributed by atoms with van der Waals surface area (Å²) in [6.07, 6.45) is -0.325. The maximum Gasteiger partial charge on any atom is 0.335 e. The van der Waals surface area contributed by atoms with Crippen LogP contribution in [0.2, 0.25) is 5.82 Å². The van der Waals surface area contributed by atoms with Crippen molar-refractivity contribution in [1.29, 1.82) is 0 Å². The minimum atomic E-state index is -1.01. The molecule has 3 unspecified atom stereocenters. The third-order valence-corrected chi connectivity index (χ3v) is 4.43. The fraction of sp³-hybridized carbons (Fsp3) is 0.588. The number of hydrogen-bond donors (Lipinski definition) is 2. The standard InChI is InChI=1S/C17H26BNO6/c1-10(2)8-11-15(17(20)21)25-16(18(11)24-9-19)14-12(22-3)6-5-7-13(14)23-4/h5-7,10-11,15-16H,8-9,19H2,1-4H3,(H,20,21). The molecule has 0 aliphatic carbocycles. The zero-order valence-electron chi connectivity index (χ0n) is 15.1. The zero-order chi connectivity index (χ0) is 18.6. The number of carboxylic acid groups (broad SMARTS) is 1. The molecule has 1 aromatic rings. The number of rotatable bonds is 8. The van der Waals surface area contributed by atoms with Crippen molar-refractivity contribution >= 4 is 12.9 Å². The Bertz CT molecular complexity index is 574. The lowest BCUT2D eigenvalue weighted by Crippen LogP contribution is -2.34. The van der Waals surface area contributed by atoms with Gasteiger partial charge in [-0.3, -0.25) is 0 Å². The average Bonchev–Trinajstić information content (AvgIpc) is 2.92. The molecule has 0 aromatic heterocycles. The van der Waals surface area contributed by atoms with Gasteiger partial charge in [-0.2, -0.15) is 0 Å². The number of methoxy groups -OCH3 is 2. The van der Waals surface area contributed by atoms with Gasteiger partial charge >= 0.3 is 12.9 Å². The lowest BCUT2D eigenvalue weighted by Gasteiger charge is -2.23. The van der Waals surface area contributed by atoms with Crippen molar-refractivity contribution in [3.05, 3.63) is 23.8 Å². The first kappa shape index (κ1) is 19.6. The zero-order valence-corrected chi connectivity index (χ0v) is 15.1. The van der Waals surface area contributed by atoms with Gasteiger partial charge in [-0.25, -0.2) is 4.79 Å². The fourth-order valence-corrected chi connectivity index (χ4v) is 3.49. The first-order valence-electron chi connectivity index (χ1n) is 8.35. The van der Waals surface area contributed by atoms with E-state index in [1.54, 1.807) is 32.4 Å². The molecule has 1 heterocycles. The molecule has 0 saturated carbocycles. The molecule has 1 fully saturated rings. The van der Waals surface area contributed by atoms with E-state index in [2.05, 4.69) is 0 Å². The van der Waals surface area contributed by atoms with Gasteiger partial charge in [-0.05, 0) is 24.5 Å². The van der Waals surface area contributed by atoms with Crippen molar-refractivity contribution in [1.82, 2.24) is 0 Å². The van der Waals surface area contributed by atoms with Crippen molar-refractivity contribution in [3.8, 4) is 11.5 Å². The van der Waals surface area contributed by atoms with Gasteiger partial charge in [0.05, 0.1) is 32.5 Å². The largest absolute Gasteiger partial charge is 0.496 e. The molecule has 3 atom stereocenters. The highest BCUT2D eigenvalue weighted by atomic mass is 16.6. The topological polar surface area (TPSA) is 100 Å². The highest BCUT2D eigenvalue weighted by Crippen LogP contribution is 2.48. The molecule has 0 bridgehead atoms. The van der Waals surface area contributed by atoms with Crippen LogP contribution < -0.4 is 15.2 Å². The van der Waals surface area contributed by atoms with Crippen molar-refractivity contribution < 1.29 is 28.8 Å². The van der Waals surface area contributed by atoms with Gasteiger partial charge in [-0.1, -0.05) is 19.9 Å². The van der Waals surface area contributed by atoms with Crippen LogP contribution >= 0.6 is 0 Å². The second kappa shape index (κ2) is 8.55. The minimum Gasteiger partial charge on any atom is -0.496 e. The Morgan fingerprint density at radius 1 is 1.32 bits per heavy atom. The highest BCUT2D eigenvalue weighted by Gasteiger charge is 2.54. The van der Waals surface area contributed by atoms with Crippen LogP contribution in [0.25, 0.3) is 0 Å². The van der Waals surface area contributed by atoms with E-state index < -0.39 is 25.0 Å². The molecule has 0 amide bonds. The molecular weight excluding hydrogens is 325 g/mol. The molecule has 8 heteroatoms. The second-order valence-corrected chi connectivity index (χ2v) is 6.48. The van der Waals surface area contributed by atoms with Crippen molar-refractivity contribution in [2.45, 2.75) is 38.2 Å². The number of benzene rings is 1. The van der Waals surface area contributed by atoms with E-state index in [-0.39, 0.29) is 18.5 Å². The van der Waals surface area contributed by atoms with Crippen LogP contribution in [0.4, 0.5) is 0 Å². The summed E-state index contributed by atoms with van der Waals surface area (Å²) in [5.74, 6) is 0.0829. The summed E-state index contributed by atoms with van der Waals surface area (Å²) < 4.78 is 22.6. The molecule has 1 aliphatic rings. The number of aliphatic carboxylic acids is 1. The van der Waals surface area contributed by atoms with Gasteiger partial charge in [0.15, 0.2) is 6.10 Å². The van der Waals surface area contributed by atoms with Crippen LogP contribution in [0, 0.1) is 5.92 Å². The summed E-state index contributed by atoms with van der Waals surface area (Å²) in [6, 6.07) is 4.73. The van der Waals surface area contributed by atoms with Gasteiger partial charge < -0.3 is 29.7 Å². The van der Waals surface area contributed by atoms with Crippen LogP contribution in [-0.2, 0) is 14.2 Å². The van der Waals surface area contributed by atoms with Gasteiger partial charge in [-0.15, -0.1) is 0 Å². The summed E-state index contributed by atoms with van der Waals surface area (Å²) in [5.41, 5.74) is 6.26. The summed E-state index contributed by atoms with van der Waals surface area (Å²) in [6.45, 7) is 3.55. The molecule has 2 rings (SSSR count). The fourth-order valence-electron chi connectivity index (χ4n) is 3.49. The summed E-state index contributed by atoms with van der Waals surface area (Å²) in [5, 5.41) is 9.63. The lowest BCUT2D eigenvalue weighted by atomic mass is 9.49. The van der Waals surface area contributed by atoms with Gasteiger partial charge in [0, 0.05) is 5.82 Å². The first-order chi connectivity index (χ1) is 11.9. The van der Waals surface area contributed by atoms with E-state index in [0.717, 1.165) is 0 Å². The predicted octanol–water partition coefficient (Wildman–Crippen LogP) is 2.11. The van der Waals surface area contributed by atoms with E-state index in [1.165, 1.54) is 0 Å². The Morgan fingerprint density at radius 3 is 2.36 bits per heavy atom. The Balaban J connectivity index is 2.50. The Morgan fingerprint density at radius 2 is 1.92 bits per heavy atom. The molecule has 1 aromatic carbocycles. The van der Waals surface area contributed by atoms with E-state index in [1.807, 2.05) is 13.8 Å². The number of hydrogen-bond acceptors (Lipinski definition) is 6. The van der Waals surface area contributed by atoms with E-state index in [9.17, 15) is 9.90 Å². The maximum atomic E-state index is 11.8. The monoisotopic (exact) mass is 351 g/mol. The molecule has 0 radical (unpaired) electrons. The third-order valence-electron chi connectivity index (χ3n) is 4.43. The van der Waals surface area contributed by atoms with Crippen molar-refractivity contribution in [2.24, 2.45) is 11.7 Å². The van der Waals surface area contributed by atoms with E-state index >= 15 is 0 Å². The Labute approximate surface area is 148 Å². The first-order valence-corrected chi connectivity index (χ1v) is 8.35. The number of nitrogens with two attached hydrogens (primary N) is 1. The predicted molar refractivity (Wildman–Crippen MR) is 93.9 cm³/mol. The maximum absolute atomic E-state index is 11.8. The molecule has 1 saturated heterocycles. The summed E-state index contributed by atoms with van der Waals surface area (Å²) in [4.78, 5) is 11.8. The van der Waals surface area contributed by atoms with Crippen LogP contribution in [0.5, 0.6) is 11.5 Å². The van der Waals surface area contributed by atoms with Gasteiger partial charge in [0.25, 0.3) is 0 Å². The molecule has 7 nitrogen and oxygen atoms in total. The molecule has 138 valence electrons. The van der Waals surface area contributed by atoms with E-state index in [4.69, 9.17) is 24.6 Å². The van der Waals surface area contributed by atoms with Crippen LogP contribution in [0.15, 0.2) is 18.2 Å². The summed E-state index contributed by atoms with van der Waals surface area (Å²) in [7, 11) is 3.10. The summed E-state index contributed by atoms with van der Waals surface area (Å²) >= 11 is 0. The molecule has 1 aliphatic heterocycles. The van der Waals surface area contributed by atoms with Crippen LogP contribution in [0.1, 0.15) is 31.8 Å². The smallest absolute Gasteiger partial charge is 0.335 e. The van der Waals surface area contributed by atoms with E-state index in [0.29, 0.717) is 23.5 Å². The highest BCUT2D eigenvalue weighted by molar-refractivity contribution is 6.56. The van der Waals surface area contributed by atoms with Crippen molar-refractivity contribution in [3.63, 3.8) is 0 Å². The minimum absolute atomic E-state index is 0.0249. The molecule has 25 heavy (non-hydrogen) atoms. The van der Waals surface area contributed by atoms with Gasteiger partial charge in [0.1, 0.15) is 11.5 Å². The number of carboxylic acids is 1. The quantitative estimate of drug-likeness (QED) is 0.546. The number of ether oxygens (including phenoxy) is 3. The third kappa shape index (κ3) is 4.08. The molecule has 3 N–H and O–H groups in total. The SMILES string of the molecule is COc1cccc(OC)c1C1OC(C(=O)O)C(CC(C)C)B1OCN. The number of carbonyl (C=O) groups is 1. The molecule has 0 spiro atoms. The second-order valence-electron chi connectivity index (χ2n) is 6.48. The van der Waals surface area contributed by atoms with Crippen LogP contribution in [-0.4, -0.2) is 45.0 Å². The van der Waals surface area contributed by atoms with Crippen LogP contribution in [0.3, 0.4) is 0 Å². The van der Waals surface area contributed by atoms with Gasteiger partial charge in [0.2, 0.25) is 0 Å². The Kier molecular flexibility index (Phi) is 6.69. The normalized spacial score (nSPS) is 23.1. The Hall–Kier alpha value is -1.77. The van der Waals surface area contributed by atoms with Crippen molar-refractivity contribution in [2.75, 3.05) is 21.0 Å². The lowest BCUT2D eigenvalue weighted by molar-refractivity contribution is -0.150.